The highest BCUT2D eigenvalue weighted by atomic mass is 35.5. The number of aromatic hydroxyl groups is 1. The number of carbonyl (C=O) groups excluding carboxylic acids is 1. The first kappa shape index (κ1) is 17.3. The number of fused-ring (bicyclic) bond motifs is 2. The zero-order valence-electron chi connectivity index (χ0n) is 14.8. The number of ketones is 1. The molecule has 0 amide bonds. The van der Waals surface area contributed by atoms with Gasteiger partial charge in [-0.25, -0.2) is 0 Å². The first-order chi connectivity index (χ1) is 12.5. The molecular formula is C22H22ClNO2. The molecule has 2 atom stereocenters. The van der Waals surface area contributed by atoms with E-state index >= 15 is 0 Å². The first-order valence-corrected chi connectivity index (χ1v) is 9.35. The Morgan fingerprint density at radius 3 is 2.81 bits per heavy atom. The Morgan fingerprint density at radius 2 is 2.04 bits per heavy atom. The summed E-state index contributed by atoms with van der Waals surface area (Å²) in [7, 11) is 2.08. The minimum Gasteiger partial charge on any atom is -0.508 e. The lowest BCUT2D eigenvalue weighted by atomic mass is 9.61. The van der Waals surface area contributed by atoms with Gasteiger partial charge < -0.3 is 5.11 Å². The number of piperidine rings is 1. The minimum absolute atomic E-state index is 0.0892. The molecule has 0 radical (unpaired) electrons. The SMILES string of the molecule is CN1CC[C@@]2(c3cccc(O)c3)CC(=O)/C(=C/c3cccc(Cl)c3)[C@@H]1C2. The number of hydrogen-bond acceptors (Lipinski definition) is 3. The highest BCUT2D eigenvalue weighted by molar-refractivity contribution is 6.30. The molecule has 0 unspecified atom stereocenters. The van der Waals surface area contributed by atoms with Gasteiger partial charge in [0.05, 0.1) is 0 Å². The zero-order chi connectivity index (χ0) is 18.3. The molecule has 0 aromatic heterocycles. The van der Waals surface area contributed by atoms with E-state index < -0.39 is 0 Å². The van der Waals surface area contributed by atoms with Crippen LogP contribution in [-0.2, 0) is 10.2 Å². The molecule has 134 valence electrons. The molecule has 1 saturated carbocycles. The number of phenolic OH excluding ortho intramolecular Hbond substituents is 1. The summed E-state index contributed by atoms with van der Waals surface area (Å²) in [5.74, 6) is 0.455. The Hall–Kier alpha value is -2.10. The number of likely N-dealkylation sites (tertiary alicyclic amines) is 1. The molecule has 1 aliphatic heterocycles. The van der Waals surface area contributed by atoms with Gasteiger partial charge in [-0.15, -0.1) is 0 Å². The van der Waals surface area contributed by atoms with Crippen molar-refractivity contribution in [2.75, 3.05) is 13.6 Å². The first-order valence-electron chi connectivity index (χ1n) is 8.97. The van der Waals surface area contributed by atoms with E-state index in [4.69, 9.17) is 11.6 Å². The second-order valence-electron chi connectivity index (χ2n) is 7.54. The normalized spacial score (nSPS) is 27.7. The maximum atomic E-state index is 13.1. The van der Waals surface area contributed by atoms with Crippen LogP contribution in [0.4, 0.5) is 0 Å². The van der Waals surface area contributed by atoms with Gasteiger partial charge in [-0.2, -0.15) is 0 Å². The summed E-state index contributed by atoms with van der Waals surface area (Å²) in [6.07, 6.45) is 4.31. The van der Waals surface area contributed by atoms with Gasteiger partial charge in [0.25, 0.3) is 0 Å². The van der Waals surface area contributed by atoms with Crippen LogP contribution >= 0.6 is 11.6 Å². The van der Waals surface area contributed by atoms with Crippen LogP contribution in [0.25, 0.3) is 6.08 Å². The van der Waals surface area contributed by atoms with E-state index in [-0.39, 0.29) is 23.0 Å². The van der Waals surface area contributed by atoms with Gasteiger partial charge in [0, 0.05) is 28.5 Å². The lowest BCUT2D eigenvalue weighted by Crippen LogP contribution is -2.53. The molecule has 1 saturated heterocycles. The zero-order valence-corrected chi connectivity index (χ0v) is 15.5. The van der Waals surface area contributed by atoms with Crippen molar-refractivity contribution in [1.82, 2.24) is 4.90 Å². The molecule has 4 rings (SSSR count). The number of carbonyl (C=O) groups is 1. The third-order valence-electron chi connectivity index (χ3n) is 5.87. The monoisotopic (exact) mass is 367 g/mol. The average molecular weight is 368 g/mol. The van der Waals surface area contributed by atoms with Gasteiger partial charge in [0.1, 0.15) is 5.75 Å². The molecule has 1 N–H and O–H groups in total. The van der Waals surface area contributed by atoms with Crippen LogP contribution in [-0.4, -0.2) is 35.4 Å². The van der Waals surface area contributed by atoms with Gasteiger partial charge >= 0.3 is 0 Å². The summed E-state index contributed by atoms with van der Waals surface area (Å²) in [5, 5.41) is 10.6. The van der Waals surface area contributed by atoms with Gasteiger partial charge in [-0.05, 0) is 67.9 Å². The predicted molar refractivity (Wildman–Crippen MR) is 104 cm³/mol. The van der Waals surface area contributed by atoms with Crippen LogP contribution in [0.2, 0.25) is 5.02 Å². The Morgan fingerprint density at radius 1 is 1.23 bits per heavy atom. The Bertz CT molecular complexity index is 891. The number of halogens is 1. The van der Waals surface area contributed by atoms with Gasteiger partial charge in [0.15, 0.2) is 5.78 Å². The smallest absolute Gasteiger partial charge is 0.161 e. The molecule has 2 aliphatic rings. The second-order valence-corrected chi connectivity index (χ2v) is 7.97. The van der Waals surface area contributed by atoms with Crippen LogP contribution in [0.3, 0.4) is 0 Å². The minimum atomic E-state index is -0.182. The highest BCUT2D eigenvalue weighted by Gasteiger charge is 2.48. The van der Waals surface area contributed by atoms with Crippen LogP contribution < -0.4 is 0 Å². The number of likely N-dealkylation sites (N-methyl/N-ethyl adjacent to an activating group) is 1. The third kappa shape index (κ3) is 3.06. The van der Waals surface area contributed by atoms with E-state index in [2.05, 4.69) is 11.9 Å². The molecule has 2 fully saturated rings. The number of hydrogen-bond donors (Lipinski definition) is 1. The van der Waals surface area contributed by atoms with E-state index in [0.29, 0.717) is 11.4 Å². The molecule has 2 aromatic rings. The predicted octanol–water partition coefficient (Wildman–Crippen LogP) is 4.43. The topological polar surface area (TPSA) is 40.5 Å². The van der Waals surface area contributed by atoms with Gasteiger partial charge in [-0.3, -0.25) is 9.69 Å². The Labute approximate surface area is 158 Å². The maximum absolute atomic E-state index is 13.1. The van der Waals surface area contributed by atoms with Crippen LogP contribution in [0.15, 0.2) is 54.1 Å². The average Bonchev–Trinajstić information content (AvgIpc) is 2.61. The number of phenols is 1. The summed E-state index contributed by atoms with van der Waals surface area (Å²) in [4.78, 5) is 15.4. The van der Waals surface area contributed by atoms with Gasteiger partial charge in [-0.1, -0.05) is 35.9 Å². The number of rotatable bonds is 2. The lowest BCUT2D eigenvalue weighted by molar-refractivity contribution is -0.120. The molecule has 1 heterocycles. The summed E-state index contributed by atoms with van der Waals surface area (Å²) in [6, 6.07) is 15.1. The molecule has 3 nitrogen and oxygen atoms in total. The third-order valence-corrected chi connectivity index (χ3v) is 6.10. The van der Waals surface area contributed by atoms with Crippen molar-refractivity contribution in [3.63, 3.8) is 0 Å². The molecular weight excluding hydrogens is 346 g/mol. The standard InChI is InChI=1S/C22H22ClNO2/c1-24-9-8-22(16-5-3-7-18(25)12-16)13-20(24)19(21(26)14-22)11-15-4-2-6-17(23)10-15/h2-7,10-12,20,25H,8-9,13-14H2,1H3/b19-11+/t20-,22-/m0/s1. The van der Waals surface area contributed by atoms with Crippen LogP contribution in [0, 0.1) is 0 Å². The van der Waals surface area contributed by atoms with Crippen molar-refractivity contribution in [3.8, 4) is 5.75 Å². The van der Waals surface area contributed by atoms with E-state index in [1.807, 2.05) is 48.5 Å². The van der Waals surface area contributed by atoms with E-state index in [9.17, 15) is 9.90 Å². The van der Waals surface area contributed by atoms with Gasteiger partial charge in [0.2, 0.25) is 0 Å². The summed E-state index contributed by atoms with van der Waals surface area (Å²) < 4.78 is 0. The highest BCUT2D eigenvalue weighted by Crippen LogP contribution is 2.47. The van der Waals surface area contributed by atoms with E-state index in [1.54, 1.807) is 6.07 Å². The van der Waals surface area contributed by atoms with Crippen LogP contribution in [0.5, 0.6) is 5.75 Å². The molecule has 1 aliphatic carbocycles. The quantitative estimate of drug-likeness (QED) is 0.798. The molecule has 0 spiro atoms. The largest absolute Gasteiger partial charge is 0.508 e. The maximum Gasteiger partial charge on any atom is 0.161 e. The molecule has 2 aromatic carbocycles. The van der Waals surface area contributed by atoms with Crippen molar-refractivity contribution >= 4 is 23.5 Å². The fourth-order valence-corrected chi connectivity index (χ4v) is 4.63. The summed E-state index contributed by atoms with van der Waals surface area (Å²) in [5.41, 5.74) is 2.72. The molecule has 26 heavy (non-hydrogen) atoms. The number of Topliss-reactive ketones (excluding diaryl/α,β-unsaturated/α-hetero) is 1. The Kier molecular flexibility index (Phi) is 4.37. The van der Waals surface area contributed by atoms with Crippen molar-refractivity contribution in [2.45, 2.75) is 30.7 Å². The Balaban J connectivity index is 1.73. The van der Waals surface area contributed by atoms with E-state index in [1.165, 1.54) is 0 Å². The van der Waals surface area contributed by atoms with Crippen LogP contribution in [0.1, 0.15) is 30.4 Å². The summed E-state index contributed by atoms with van der Waals surface area (Å²) in [6.45, 7) is 0.931. The lowest BCUT2D eigenvalue weighted by Gasteiger charge is -2.50. The van der Waals surface area contributed by atoms with Crippen molar-refractivity contribution in [1.29, 1.82) is 0 Å². The fourth-order valence-electron chi connectivity index (χ4n) is 4.43. The second kappa shape index (κ2) is 6.57. The van der Waals surface area contributed by atoms with Crippen molar-refractivity contribution in [2.24, 2.45) is 0 Å². The molecule has 2 bridgehead atoms. The fraction of sp³-hybridized carbons (Fsp3) is 0.318. The van der Waals surface area contributed by atoms with Crippen molar-refractivity contribution in [3.05, 3.63) is 70.3 Å². The summed E-state index contributed by atoms with van der Waals surface area (Å²) >= 11 is 6.10. The number of nitrogens with zero attached hydrogens (tertiary/aromatic N) is 1. The molecule has 4 heteroatoms. The number of benzene rings is 2. The van der Waals surface area contributed by atoms with E-state index in [0.717, 1.165) is 36.1 Å². The van der Waals surface area contributed by atoms with Crippen molar-refractivity contribution < 1.29 is 9.90 Å².